The molecule has 0 unspecified atom stereocenters. The fourth-order valence-electron chi connectivity index (χ4n) is 4.14. The highest BCUT2D eigenvalue weighted by Crippen LogP contribution is 2.34. The van der Waals surface area contributed by atoms with Gasteiger partial charge in [0, 0.05) is 24.1 Å². The molecule has 4 rings (SSSR count). The number of ether oxygens (including phenoxy) is 1. The molecule has 160 valence electrons. The second-order valence-electron chi connectivity index (χ2n) is 8.08. The largest absolute Gasteiger partial charge is 0.488 e. The molecule has 0 radical (unpaired) electrons. The molecule has 0 aliphatic carbocycles. The lowest BCUT2D eigenvalue weighted by molar-refractivity contribution is -0.121. The van der Waals surface area contributed by atoms with Crippen molar-refractivity contribution in [2.24, 2.45) is 0 Å². The zero-order valence-corrected chi connectivity index (χ0v) is 18.1. The maximum atomic E-state index is 12.3. The van der Waals surface area contributed by atoms with Crippen molar-refractivity contribution < 1.29 is 14.3 Å². The molecule has 2 N–H and O–H groups in total. The van der Waals surface area contributed by atoms with Crippen LogP contribution in [0.15, 0.2) is 42.5 Å². The molecule has 0 saturated carbocycles. The summed E-state index contributed by atoms with van der Waals surface area (Å²) in [5.74, 6) is 0.900. The first-order chi connectivity index (χ1) is 14.9. The van der Waals surface area contributed by atoms with Crippen molar-refractivity contribution in [2.45, 2.75) is 46.1 Å². The lowest BCUT2D eigenvalue weighted by Crippen LogP contribution is -2.34. The van der Waals surface area contributed by atoms with E-state index in [1.807, 2.05) is 50.2 Å². The van der Waals surface area contributed by atoms with Gasteiger partial charge in [0.1, 0.15) is 11.9 Å². The summed E-state index contributed by atoms with van der Waals surface area (Å²) in [5.41, 5.74) is 6.82. The SMILES string of the molecule is CC(=O)c1ccccc1-c1ccc2c(c1)C[C@H](CNC(=O)CCc1c(C)n[nH]c1C)O2. The number of nitrogens with one attached hydrogen (secondary N) is 2. The summed E-state index contributed by atoms with van der Waals surface area (Å²) in [6, 6.07) is 13.7. The van der Waals surface area contributed by atoms with Crippen LogP contribution in [0, 0.1) is 13.8 Å². The van der Waals surface area contributed by atoms with E-state index in [1.165, 1.54) is 0 Å². The molecule has 31 heavy (non-hydrogen) atoms. The molecule has 6 heteroatoms. The van der Waals surface area contributed by atoms with Crippen LogP contribution in [0.1, 0.15) is 46.2 Å². The monoisotopic (exact) mass is 417 g/mol. The number of rotatable bonds is 7. The number of carbonyl (C=O) groups is 2. The van der Waals surface area contributed by atoms with Crippen LogP contribution >= 0.6 is 0 Å². The summed E-state index contributed by atoms with van der Waals surface area (Å²) >= 11 is 0. The average molecular weight is 418 g/mol. The van der Waals surface area contributed by atoms with Gasteiger partial charge in [-0.15, -0.1) is 0 Å². The quantitative estimate of drug-likeness (QED) is 0.570. The number of hydrogen-bond donors (Lipinski definition) is 2. The lowest BCUT2D eigenvalue weighted by Gasteiger charge is -2.12. The fraction of sp³-hybridized carbons (Fsp3) is 0.320. The van der Waals surface area contributed by atoms with Crippen LogP contribution < -0.4 is 10.1 Å². The zero-order valence-electron chi connectivity index (χ0n) is 18.1. The predicted molar refractivity (Wildman–Crippen MR) is 119 cm³/mol. The van der Waals surface area contributed by atoms with Gasteiger partial charge in [-0.2, -0.15) is 5.10 Å². The van der Waals surface area contributed by atoms with Gasteiger partial charge < -0.3 is 10.1 Å². The van der Waals surface area contributed by atoms with E-state index in [-0.39, 0.29) is 17.8 Å². The number of fused-ring (bicyclic) bond motifs is 1. The highest BCUT2D eigenvalue weighted by atomic mass is 16.5. The van der Waals surface area contributed by atoms with E-state index >= 15 is 0 Å². The third kappa shape index (κ3) is 4.53. The summed E-state index contributed by atoms with van der Waals surface area (Å²) in [6.45, 7) is 5.97. The van der Waals surface area contributed by atoms with Crippen LogP contribution in [-0.4, -0.2) is 34.5 Å². The van der Waals surface area contributed by atoms with Crippen LogP contribution in [-0.2, 0) is 17.6 Å². The molecule has 1 aliphatic heterocycles. The third-order valence-corrected chi connectivity index (χ3v) is 5.83. The van der Waals surface area contributed by atoms with Gasteiger partial charge in [-0.1, -0.05) is 30.3 Å². The number of H-pyrrole nitrogens is 1. The standard InChI is InChI=1S/C25H27N3O3/c1-15-21(16(2)28-27-15)9-11-25(30)26-14-20-13-19-12-18(8-10-24(19)31-20)23-7-5-4-6-22(23)17(3)29/h4-8,10,12,20H,9,11,13-14H2,1-3H3,(H,26,30)(H,27,28)/t20-/m1/s1. The van der Waals surface area contributed by atoms with E-state index in [2.05, 4.69) is 21.6 Å². The summed E-state index contributed by atoms with van der Waals surface area (Å²) in [7, 11) is 0. The van der Waals surface area contributed by atoms with E-state index in [9.17, 15) is 9.59 Å². The first kappa shape index (κ1) is 20.8. The van der Waals surface area contributed by atoms with Crippen molar-refractivity contribution in [2.75, 3.05) is 6.54 Å². The third-order valence-electron chi connectivity index (χ3n) is 5.83. The van der Waals surface area contributed by atoms with E-state index in [4.69, 9.17) is 4.74 Å². The molecule has 2 aromatic carbocycles. The maximum Gasteiger partial charge on any atom is 0.220 e. The highest BCUT2D eigenvalue weighted by molar-refractivity contribution is 6.00. The van der Waals surface area contributed by atoms with Crippen molar-refractivity contribution in [1.82, 2.24) is 15.5 Å². The summed E-state index contributed by atoms with van der Waals surface area (Å²) < 4.78 is 6.02. The smallest absolute Gasteiger partial charge is 0.220 e. The van der Waals surface area contributed by atoms with Gasteiger partial charge in [0.05, 0.1) is 12.2 Å². The lowest BCUT2D eigenvalue weighted by atomic mass is 9.95. The number of hydrogen-bond acceptors (Lipinski definition) is 4. The Morgan fingerprint density at radius 3 is 2.74 bits per heavy atom. The number of amides is 1. The molecular formula is C25H27N3O3. The van der Waals surface area contributed by atoms with E-state index < -0.39 is 0 Å². The highest BCUT2D eigenvalue weighted by Gasteiger charge is 2.24. The van der Waals surface area contributed by atoms with Gasteiger partial charge in [0.25, 0.3) is 0 Å². The van der Waals surface area contributed by atoms with Crippen LogP contribution in [0.5, 0.6) is 5.75 Å². The maximum absolute atomic E-state index is 12.3. The first-order valence-electron chi connectivity index (χ1n) is 10.6. The molecule has 1 atom stereocenters. The Labute approximate surface area is 182 Å². The second kappa shape index (κ2) is 8.76. The Kier molecular flexibility index (Phi) is 5.89. The minimum atomic E-state index is -0.0883. The van der Waals surface area contributed by atoms with Crippen molar-refractivity contribution >= 4 is 11.7 Å². The van der Waals surface area contributed by atoms with Gasteiger partial charge in [-0.05, 0) is 61.6 Å². The average Bonchev–Trinajstić information content (AvgIpc) is 3.32. The number of carbonyl (C=O) groups excluding carboxylic acids is 2. The Bertz CT molecular complexity index is 1110. The number of aromatic amines is 1. The summed E-state index contributed by atoms with van der Waals surface area (Å²) in [4.78, 5) is 24.3. The van der Waals surface area contributed by atoms with Crippen LogP contribution in [0.2, 0.25) is 0 Å². The topological polar surface area (TPSA) is 84.1 Å². The van der Waals surface area contributed by atoms with Gasteiger partial charge in [-0.25, -0.2) is 0 Å². The summed E-state index contributed by atoms with van der Waals surface area (Å²) in [6.07, 6.45) is 1.73. The number of aromatic nitrogens is 2. The first-order valence-corrected chi connectivity index (χ1v) is 10.6. The minimum Gasteiger partial charge on any atom is -0.488 e. The number of nitrogens with zero attached hydrogens (tertiary/aromatic N) is 1. The number of ketones is 1. The zero-order chi connectivity index (χ0) is 22.0. The normalized spacial score (nSPS) is 14.7. The van der Waals surface area contributed by atoms with Gasteiger partial charge in [0.2, 0.25) is 5.91 Å². The predicted octanol–water partition coefficient (Wildman–Crippen LogP) is 3.95. The second-order valence-corrected chi connectivity index (χ2v) is 8.08. The Balaban J connectivity index is 1.35. The molecule has 1 aliphatic rings. The van der Waals surface area contributed by atoms with E-state index in [1.54, 1.807) is 6.92 Å². The van der Waals surface area contributed by atoms with Crippen molar-refractivity contribution in [3.63, 3.8) is 0 Å². The van der Waals surface area contributed by atoms with E-state index in [0.717, 1.165) is 45.8 Å². The molecule has 0 fully saturated rings. The van der Waals surface area contributed by atoms with Crippen molar-refractivity contribution in [3.8, 4) is 16.9 Å². The Morgan fingerprint density at radius 1 is 1.19 bits per heavy atom. The van der Waals surface area contributed by atoms with Gasteiger partial charge >= 0.3 is 0 Å². The molecule has 0 saturated heterocycles. The van der Waals surface area contributed by atoms with Gasteiger partial charge in [-0.3, -0.25) is 14.7 Å². The molecule has 0 spiro atoms. The van der Waals surface area contributed by atoms with Crippen LogP contribution in [0.25, 0.3) is 11.1 Å². The number of aryl methyl sites for hydroxylation is 2. The summed E-state index contributed by atoms with van der Waals surface area (Å²) in [5, 5.41) is 10.1. The molecule has 2 heterocycles. The van der Waals surface area contributed by atoms with Gasteiger partial charge in [0.15, 0.2) is 5.78 Å². The molecule has 3 aromatic rings. The molecule has 1 aromatic heterocycles. The fourth-order valence-corrected chi connectivity index (χ4v) is 4.14. The Hall–Kier alpha value is -3.41. The van der Waals surface area contributed by atoms with Crippen LogP contribution in [0.3, 0.4) is 0 Å². The molecule has 0 bridgehead atoms. The minimum absolute atomic E-state index is 0.00984. The van der Waals surface area contributed by atoms with Crippen LogP contribution in [0.4, 0.5) is 0 Å². The Morgan fingerprint density at radius 2 is 2.00 bits per heavy atom. The molecule has 6 nitrogen and oxygen atoms in total. The molecular weight excluding hydrogens is 390 g/mol. The van der Waals surface area contributed by atoms with Crippen molar-refractivity contribution in [1.29, 1.82) is 0 Å². The number of benzene rings is 2. The molecule has 1 amide bonds. The number of Topliss-reactive ketones (excluding diaryl/α,β-unsaturated/α-hetero) is 1. The van der Waals surface area contributed by atoms with Crippen molar-refractivity contribution in [3.05, 3.63) is 70.5 Å². The van der Waals surface area contributed by atoms with E-state index in [0.29, 0.717) is 24.9 Å².